The number of ether oxygens (including phenoxy) is 1. The van der Waals surface area contributed by atoms with Crippen LogP contribution in [0.4, 0.5) is 5.69 Å². The summed E-state index contributed by atoms with van der Waals surface area (Å²) >= 11 is 3.38. The second-order valence-electron chi connectivity index (χ2n) is 4.03. The molecule has 0 radical (unpaired) electrons. The van der Waals surface area contributed by atoms with E-state index < -0.39 is 6.23 Å². The standard InChI is InChI=1S/C14H10BrNO2/c15-10-7-5-9(6-8-10)13-16-12-4-2-1-3-11(12)14(17)18-13/h1-8,13,16H. The maximum atomic E-state index is 11.9. The van der Waals surface area contributed by atoms with Gasteiger partial charge in [0.2, 0.25) is 0 Å². The Labute approximate surface area is 113 Å². The molecule has 0 amide bonds. The molecule has 1 aliphatic heterocycles. The molecule has 3 rings (SSSR count). The molecule has 1 aliphatic rings. The summed E-state index contributed by atoms with van der Waals surface area (Å²) in [5.41, 5.74) is 2.30. The van der Waals surface area contributed by atoms with Gasteiger partial charge in [-0.2, -0.15) is 0 Å². The molecule has 0 bridgehead atoms. The van der Waals surface area contributed by atoms with E-state index in [0.717, 1.165) is 15.7 Å². The van der Waals surface area contributed by atoms with Crippen LogP contribution in [0, 0.1) is 0 Å². The van der Waals surface area contributed by atoms with E-state index in [1.54, 1.807) is 6.07 Å². The molecular formula is C14H10BrNO2. The zero-order valence-electron chi connectivity index (χ0n) is 9.39. The van der Waals surface area contributed by atoms with Crippen molar-refractivity contribution in [1.82, 2.24) is 0 Å². The van der Waals surface area contributed by atoms with Crippen LogP contribution in [-0.2, 0) is 4.74 Å². The van der Waals surface area contributed by atoms with Crippen molar-refractivity contribution < 1.29 is 9.53 Å². The fourth-order valence-electron chi connectivity index (χ4n) is 1.92. The molecular weight excluding hydrogens is 294 g/mol. The van der Waals surface area contributed by atoms with E-state index in [1.807, 2.05) is 42.5 Å². The number of esters is 1. The van der Waals surface area contributed by atoms with Crippen LogP contribution in [-0.4, -0.2) is 5.97 Å². The third-order valence-corrected chi connectivity index (χ3v) is 3.36. The lowest BCUT2D eigenvalue weighted by Gasteiger charge is -2.26. The predicted octanol–water partition coefficient (Wildman–Crippen LogP) is 3.73. The summed E-state index contributed by atoms with van der Waals surface area (Å²) in [6, 6.07) is 15.0. The smallest absolute Gasteiger partial charge is 0.342 e. The molecule has 90 valence electrons. The van der Waals surface area contributed by atoms with Gasteiger partial charge in [-0.3, -0.25) is 0 Å². The van der Waals surface area contributed by atoms with Gasteiger partial charge in [-0.05, 0) is 24.3 Å². The Kier molecular flexibility index (Phi) is 2.80. The van der Waals surface area contributed by atoms with Gasteiger partial charge in [-0.15, -0.1) is 0 Å². The molecule has 0 saturated carbocycles. The quantitative estimate of drug-likeness (QED) is 0.816. The number of fused-ring (bicyclic) bond motifs is 1. The van der Waals surface area contributed by atoms with Crippen molar-refractivity contribution >= 4 is 27.6 Å². The summed E-state index contributed by atoms with van der Waals surface area (Å²) in [5.74, 6) is -0.294. The second kappa shape index (κ2) is 4.46. The Hall–Kier alpha value is -1.81. The summed E-state index contributed by atoms with van der Waals surface area (Å²) < 4.78 is 6.37. The first kappa shape index (κ1) is 11.3. The van der Waals surface area contributed by atoms with Gasteiger partial charge in [0.15, 0.2) is 6.23 Å². The van der Waals surface area contributed by atoms with Gasteiger partial charge < -0.3 is 10.1 Å². The number of anilines is 1. The molecule has 1 heterocycles. The topological polar surface area (TPSA) is 38.3 Å². The number of para-hydroxylation sites is 1. The fraction of sp³-hybridized carbons (Fsp3) is 0.0714. The van der Waals surface area contributed by atoms with E-state index in [4.69, 9.17) is 4.74 Å². The van der Waals surface area contributed by atoms with Crippen LogP contribution in [0.25, 0.3) is 0 Å². The SMILES string of the molecule is O=C1OC(c2ccc(Br)cc2)Nc2ccccc21. The molecule has 3 nitrogen and oxygen atoms in total. The molecule has 4 heteroatoms. The molecule has 0 aromatic heterocycles. The minimum absolute atomic E-state index is 0.294. The first-order chi connectivity index (χ1) is 8.74. The molecule has 1 N–H and O–H groups in total. The zero-order valence-corrected chi connectivity index (χ0v) is 11.0. The monoisotopic (exact) mass is 303 g/mol. The van der Waals surface area contributed by atoms with Gasteiger partial charge in [-0.1, -0.05) is 40.2 Å². The van der Waals surface area contributed by atoms with Gasteiger partial charge in [0.25, 0.3) is 0 Å². The number of benzene rings is 2. The van der Waals surface area contributed by atoms with Crippen LogP contribution < -0.4 is 5.32 Å². The minimum Gasteiger partial charge on any atom is -0.434 e. The van der Waals surface area contributed by atoms with Crippen LogP contribution in [0.5, 0.6) is 0 Å². The highest BCUT2D eigenvalue weighted by Crippen LogP contribution is 2.30. The second-order valence-corrected chi connectivity index (χ2v) is 4.94. The first-order valence-corrected chi connectivity index (χ1v) is 6.35. The molecule has 1 atom stereocenters. The highest BCUT2D eigenvalue weighted by atomic mass is 79.9. The lowest BCUT2D eigenvalue weighted by molar-refractivity contribution is 0.0330. The molecule has 18 heavy (non-hydrogen) atoms. The summed E-state index contributed by atoms with van der Waals surface area (Å²) in [6.45, 7) is 0. The molecule has 0 aliphatic carbocycles. The van der Waals surface area contributed by atoms with Crippen LogP contribution in [0.1, 0.15) is 22.1 Å². The van der Waals surface area contributed by atoms with E-state index in [0.29, 0.717) is 5.56 Å². The normalized spacial score (nSPS) is 17.6. The minimum atomic E-state index is -0.430. The summed E-state index contributed by atoms with van der Waals surface area (Å²) in [4.78, 5) is 11.9. The number of cyclic esters (lactones) is 1. The Bertz CT molecular complexity index is 595. The largest absolute Gasteiger partial charge is 0.434 e. The van der Waals surface area contributed by atoms with Gasteiger partial charge >= 0.3 is 5.97 Å². The van der Waals surface area contributed by atoms with Crippen LogP contribution >= 0.6 is 15.9 Å². The Morgan fingerprint density at radius 3 is 2.56 bits per heavy atom. The molecule has 2 aromatic carbocycles. The maximum absolute atomic E-state index is 11.9. The van der Waals surface area contributed by atoms with Crippen molar-refractivity contribution in [3.63, 3.8) is 0 Å². The van der Waals surface area contributed by atoms with Crippen molar-refractivity contribution in [1.29, 1.82) is 0 Å². The lowest BCUT2D eigenvalue weighted by atomic mass is 10.1. The molecule has 0 saturated heterocycles. The van der Waals surface area contributed by atoms with E-state index in [9.17, 15) is 4.79 Å². The number of hydrogen-bond donors (Lipinski definition) is 1. The van der Waals surface area contributed by atoms with Crippen LogP contribution in [0.2, 0.25) is 0 Å². The van der Waals surface area contributed by atoms with E-state index >= 15 is 0 Å². The third-order valence-electron chi connectivity index (χ3n) is 2.83. The Balaban J connectivity index is 1.94. The molecule has 0 spiro atoms. The number of halogens is 1. The van der Waals surface area contributed by atoms with Gasteiger partial charge in [0.05, 0.1) is 11.3 Å². The maximum Gasteiger partial charge on any atom is 0.342 e. The van der Waals surface area contributed by atoms with Gasteiger partial charge in [-0.25, -0.2) is 4.79 Å². The average molecular weight is 304 g/mol. The Morgan fingerprint density at radius 1 is 1.06 bits per heavy atom. The van der Waals surface area contributed by atoms with Crippen LogP contribution in [0.15, 0.2) is 53.0 Å². The van der Waals surface area contributed by atoms with Gasteiger partial charge in [0, 0.05) is 10.0 Å². The molecule has 0 fully saturated rings. The summed E-state index contributed by atoms with van der Waals surface area (Å²) in [7, 11) is 0. The van der Waals surface area contributed by atoms with Crippen molar-refractivity contribution in [2.75, 3.05) is 5.32 Å². The van der Waals surface area contributed by atoms with Crippen molar-refractivity contribution in [2.45, 2.75) is 6.23 Å². The molecule has 2 aromatic rings. The number of carbonyl (C=O) groups excluding carboxylic acids is 1. The van der Waals surface area contributed by atoms with Crippen molar-refractivity contribution in [2.24, 2.45) is 0 Å². The number of rotatable bonds is 1. The highest BCUT2D eigenvalue weighted by molar-refractivity contribution is 9.10. The number of carbonyl (C=O) groups is 1. The Morgan fingerprint density at radius 2 is 1.78 bits per heavy atom. The fourth-order valence-corrected chi connectivity index (χ4v) is 2.18. The summed E-state index contributed by atoms with van der Waals surface area (Å²) in [6.07, 6.45) is -0.430. The number of hydrogen-bond acceptors (Lipinski definition) is 3. The third kappa shape index (κ3) is 1.99. The highest BCUT2D eigenvalue weighted by Gasteiger charge is 2.26. The zero-order chi connectivity index (χ0) is 12.5. The van der Waals surface area contributed by atoms with Crippen molar-refractivity contribution in [3.8, 4) is 0 Å². The van der Waals surface area contributed by atoms with Gasteiger partial charge in [0.1, 0.15) is 0 Å². The predicted molar refractivity (Wildman–Crippen MR) is 72.4 cm³/mol. The molecule has 1 unspecified atom stereocenters. The van der Waals surface area contributed by atoms with Crippen molar-refractivity contribution in [3.05, 3.63) is 64.1 Å². The lowest BCUT2D eigenvalue weighted by Crippen LogP contribution is -2.25. The van der Waals surface area contributed by atoms with E-state index in [1.165, 1.54) is 0 Å². The first-order valence-electron chi connectivity index (χ1n) is 5.56. The summed E-state index contributed by atoms with van der Waals surface area (Å²) in [5, 5.41) is 3.20. The van der Waals surface area contributed by atoms with E-state index in [-0.39, 0.29) is 5.97 Å². The average Bonchev–Trinajstić information content (AvgIpc) is 2.39. The van der Waals surface area contributed by atoms with Crippen LogP contribution in [0.3, 0.4) is 0 Å². The van der Waals surface area contributed by atoms with E-state index in [2.05, 4.69) is 21.2 Å². The number of nitrogens with one attached hydrogen (secondary N) is 1.